The lowest BCUT2D eigenvalue weighted by atomic mass is 10.2. The molecule has 2 rings (SSSR count). The molecule has 1 aliphatic heterocycles. The average molecular weight is 273 g/mol. The Morgan fingerprint density at radius 1 is 1.05 bits per heavy atom. The van der Waals surface area contributed by atoms with Crippen LogP contribution in [-0.4, -0.2) is 32.6 Å². The smallest absolute Gasteiger partial charge is 0.177 e. The van der Waals surface area contributed by atoms with Crippen LogP contribution in [0.15, 0.2) is 42.5 Å². The van der Waals surface area contributed by atoms with E-state index in [1.807, 2.05) is 18.2 Å². The van der Waals surface area contributed by atoms with E-state index in [4.69, 9.17) is 9.47 Å². The van der Waals surface area contributed by atoms with Crippen molar-refractivity contribution in [2.24, 2.45) is 0 Å². The first-order chi connectivity index (χ1) is 9.83. The van der Waals surface area contributed by atoms with Crippen molar-refractivity contribution in [2.45, 2.75) is 20.1 Å². The van der Waals surface area contributed by atoms with Gasteiger partial charge in [-0.25, -0.2) is 0 Å². The highest BCUT2D eigenvalue weighted by atomic mass is 16.7. The maximum Gasteiger partial charge on any atom is 0.177 e. The van der Waals surface area contributed by atoms with Crippen LogP contribution in [0.1, 0.15) is 19.4 Å². The number of ether oxygens (including phenoxy) is 2. The molecular weight excluding hydrogens is 250 g/mol. The van der Waals surface area contributed by atoms with E-state index in [2.05, 4.69) is 49.1 Å². The molecule has 3 nitrogen and oxygen atoms in total. The summed E-state index contributed by atoms with van der Waals surface area (Å²) in [4.78, 5) is 2.34. The number of allylic oxidation sites excluding steroid dienone is 2. The van der Waals surface area contributed by atoms with Gasteiger partial charge in [0.1, 0.15) is 0 Å². The molecule has 1 aliphatic rings. The van der Waals surface area contributed by atoms with Crippen molar-refractivity contribution in [3.63, 3.8) is 0 Å². The zero-order chi connectivity index (χ0) is 14.2. The monoisotopic (exact) mass is 273 g/mol. The zero-order valence-corrected chi connectivity index (χ0v) is 12.3. The highest BCUT2D eigenvalue weighted by Crippen LogP contribution is 2.15. The summed E-state index contributed by atoms with van der Waals surface area (Å²) >= 11 is 0. The van der Waals surface area contributed by atoms with Gasteiger partial charge in [-0.05, 0) is 37.6 Å². The van der Waals surface area contributed by atoms with Crippen LogP contribution in [0, 0.1) is 0 Å². The minimum absolute atomic E-state index is 0.176. The van der Waals surface area contributed by atoms with Crippen LogP contribution in [-0.2, 0) is 9.47 Å². The summed E-state index contributed by atoms with van der Waals surface area (Å²) in [5.74, 6) is 0. The molecule has 0 N–H and O–H groups in total. The lowest BCUT2D eigenvalue weighted by molar-refractivity contribution is -0.00152. The number of hydrogen-bond donors (Lipinski definition) is 0. The fraction of sp³-hybridized carbons (Fsp3) is 0.412. The van der Waals surface area contributed by atoms with Crippen LogP contribution in [0.2, 0.25) is 0 Å². The van der Waals surface area contributed by atoms with Gasteiger partial charge in [0.05, 0.1) is 13.2 Å². The van der Waals surface area contributed by atoms with E-state index in [-0.39, 0.29) is 6.29 Å². The first-order valence-corrected chi connectivity index (χ1v) is 7.26. The molecule has 1 aromatic rings. The minimum atomic E-state index is -0.176. The molecule has 1 saturated heterocycles. The maximum atomic E-state index is 5.32. The van der Waals surface area contributed by atoms with E-state index in [0.29, 0.717) is 13.2 Å². The van der Waals surface area contributed by atoms with Gasteiger partial charge in [-0.2, -0.15) is 0 Å². The summed E-state index contributed by atoms with van der Waals surface area (Å²) in [5.41, 5.74) is 2.47. The molecule has 108 valence electrons. The molecular formula is C17H23NO2. The van der Waals surface area contributed by atoms with Gasteiger partial charge in [-0.15, -0.1) is 0 Å². The standard InChI is InChI=1S/C17H23NO2/c1-3-18(4-2)16-11-9-15(10-12-16)7-5-6-8-17-19-13-14-20-17/h5-12,17H,3-4,13-14H2,1-2H3/b7-5+,8-6+. The Morgan fingerprint density at radius 2 is 1.70 bits per heavy atom. The van der Waals surface area contributed by atoms with Crippen LogP contribution in [0.3, 0.4) is 0 Å². The molecule has 20 heavy (non-hydrogen) atoms. The molecule has 0 unspecified atom stereocenters. The molecule has 1 heterocycles. The Labute approximate surface area is 121 Å². The Morgan fingerprint density at radius 3 is 2.30 bits per heavy atom. The van der Waals surface area contributed by atoms with E-state index in [0.717, 1.165) is 13.1 Å². The van der Waals surface area contributed by atoms with Crippen molar-refractivity contribution in [2.75, 3.05) is 31.2 Å². The highest BCUT2D eigenvalue weighted by Gasteiger charge is 2.10. The predicted octanol–water partition coefficient (Wildman–Crippen LogP) is 3.48. The third-order valence-corrected chi connectivity index (χ3v) is 3.34. The summed E-state index contributed by atoms with van der Waals surface area (Å²) in [6.45, 7) is 7.80. The maximum absolute atomic E-state index is 5.32. The van der Waals surface area contributed by atoms with Crippen LogP contribution in [0.4, 0.5) is 5.69 Å². The Bertz CT molecular complexity index is 441. The lowest BCUT2D eigenvalue weighted by Gasteiger charge is -2.20. The quantitative estimate of drug-likeness (QED) is 0.741. The number of nitrogens with zero attached hydrogens (tertiary/aromatic N) is 1. The van der Waals surface area contributed by atoms with E-state index in [1.54, 1.807) is 0 Å². The summed E-state index contributed by atoms with van der Waals surface area (Å²) in [5, 5.41) is 0. The summed E-state index contributed by atoms with van der Waals surface area (Å²) < 4.78 is 10.6. The highest BCUT2D eigenvalue weighted by molar-refractivity contribution is 5.56. The van der Waals surface area contributed by atoms with E-state index < -0.39 is 0 Å². The van der Waals surface area contributed by atoms with Crippen molar-refractivity contribution in [3.8, 4) is 0 Å². The van der Waals surface area contributed by atoms with Gasteiger partial charge < -0.3 is 14.4 Å². The third-order valence-electron chi connectivity index (χ3n) is 3.34. The fourth-order valence-electron chi connectivity index (χ4n) is 2.19. The van der Waals surface area contributed by atoms with E-state index >= 15 is 0 Å². The Kier molecular flexibility index (Phi) is 5.84. The van der Waals surface area contributed by atoms with Gasteiger partial charge in [-0.1, -0.05) is 30.4 Å². The molecule has 0 bridgehead atoms. The number of rotatable bonds is 6. The lowest BCUT2D eigenvalue weighted by Crippen LogP contribution is -2.21. The van der Waals surface area contributed by atoms with Gasteiger partial charge in [0.15, 0.2) is 6.29 Å². The molecule has 3 heteroatoms. The number of benzene rings is 1. The molecule has 0 saturated carbocycles. The molecule has 0 spiro atoms. The third kappa shape index (κ3) is 4.22. The average Bonchev–Trinajstić information content (AvgIpc) is 3.00. The van der Waals surface area contributed by atoms with E-state index in [9.17, 15) is 0 Å². The summed E-state index contributed by atoms with van der Waals surface area (Å²) in [6, 6.07) is 8.61. The molecule has 0 amide bonds. The molecule has 0 radical (unpaired) electrons. The van der Waals surface area contributed by atoms with E-state index in [1.165, 1.54) is 11.3 Å². The zero-order valence-electron chi connectivity index (χ0n) is 12.3. The molecule has 0 aromatic heterocycles. The topological polar surface area (TPSA) is 21.7 Å². The second kappa shape index (κ2) is 7.88. The summed E-state index contributed by atoms with van der Waals surface area (Å²) in [6.07, 6.45) is 7.81. The van der Waals surface area contributed by atoms with Crippen molar-refractivity contribution in [1.82, 2.24) is 0 Å². The van der Waals surface area contributed by atoms with Crippen LogP contribution in [0.5, 0.6) is 0 Å². The summed E-state index contributed by atoms with van der Waals surface area (Å²) in [7, 11) is 0. The Balaban J connectivity index is 1.89. The van der Waals surface area contributed by atoms with Crippen molar-refractivity contribution < 1.29 is 9.47 Å². The SMILES string of the molecule is CCN(CC)c1ccc(/C=C/C=C/C2OCCO2)cc1. The molecule has 1 aromatic carbocycles. The van der Waals surface area contributed by atoms with Crippen LogP contribution >= 0.6 is 0 Å². The van der Waals surface area contributed by atoms with Crippen LogP contribution in [0.25, 0.3) is 6.08 Å². The van der Waals surface area contributed by atoms with Crippen molar-refractivity contribution in [3.05, 3.63) is 48.1 Å². The first kappa shape index (κ1) is 14.8. The second-order valence-corrected chi connectivity index (χ2v) is 4.62. The van der Waals surface area contributed by atoms with Gasteiger partial charge in [0.2, 0.25) is 0 Å². The Hall–Kier alpha value is -1.58. The van der Waals surface area contributed by atoms with Crippen molar-refractivity contribution in [1.29, 1.82) is 0 Å². The molecule has 1 fully saturated rings. The fourth-order valence-corrected chi connectivity index (χ4v) is 2.19. The van der Waals surface area contributed by atoms with Gasteiger partial charge in [0, 0.05) is 18.8 Å². The minimum Gasteiger partial charge on any atom is -0.372 e. The van der Waals surface area contributed by atoms with Gasteiger partial charge >= 0.3 is 0 Å². The number of anilines is 1. The largest absolute Gasteiger partial charge is 0.372 e. The van der Waals surface area contributed by atoms with Gasteiger partial charge in [0.25, 0.3) is 0 Å². The van der Waals surface area contributed by atoms with Gasteiger partial charge in [-0.3, -0.25) is 0 Å². The second-order valence-electron chi connectivity index (χ2n) is 4.62. The first-order valence-electron chi connectivity index (χ1n) is 7.26. The normalized spacial score (nSPS) is 16.5. The van der Waals surface area contributed by atoms with Crippen LogP contribution < -0.4 is 4.90 Å². The number of hydrogen-bond acceptors (Lipinski definition) is 3. The predicted molar refractivity (Wildman–Crippen MR) is 83.9 cm³/mol. The molecule has 0 atom stereocenters. The molecule has 0 aliphatic carbocycles. The van der Waals surface area contributed by atoms with Crippen molar-refractivity contribution >= 4 is 11.8 Å².